The van der Waals surface area contributed by atoms with Crippen molar-refractivity contribution in [1.29, 1.82) is 0 Å². The fourth-order valence-electron chi connectivity index (χ4n) is 7.27. The Morgan fingerprint density at radius 2 is 1.29 bits per heavy atom. The van der Waals surface area contributed by atoms with Crippen LogP contribution in [0.1, 0.15) is 28.7 Å². The molecule has 10 rings (SSSR count). The maximum Gasteiger partial charge on any atom is 0.164 e. The van der Waals surface area contributed by atoms with E-state index < -0.39 is 0 Å². The third-order valence-electron chi connectivity index (χ3n) is 9.61. The smallest absolute Gasteiger partial charge is 0.164 e. The first-order valence-corrected chi connectivity index (χ1v) is 16.4. The van der Waals surface area contributed by atoms with Crippen molar-refractivity contribution in [3.05, 3.63) is 150 Å². The minimum Gasteiger partial charge on any atom is -0.454 e. The molecular formula is C43H28N4O. The van der Waals surface area contributed by atoms with Crippen molar-refractivity contribution in [2.75, 3.05) is 0 Å². The molecule has 8 aromatic rings. The molecule has 3 aromatic heterocycles. The van der Waals surface area contributed by atoms with Crippen molar-refractivity contribution in [3.8, 4) is 56.5 Å². The van der Waals surface area contributed by atoms with Crippen LogP contribution < -0.4 is 0 Å². The quantitative estimate of drug-likeness (QED) is 0.197. The fraction of sp³-hybridized carbons (Fsp3) is 0.0698. The molecule has 0 saturated heterocycles. The van der Waals surface area contributed by atoms with Gasteiger partial charge in [0.25, 0.3) is 0 Å². The lowest BCUT2D eigenvalue weighted by atomic mass is 9.95. The Morgan fingerprint density at radius 3 is 2.19 bits per heavy atom. The Morgan fingerprint density at radius 1 is 0.562 bits per heavy atom. The highest BCUT2D eigenvalue weighted by atomic mass is 16.3. The highest BCUT2D eigenvalue weighted by Gasteiger charge is 2.28. The number of allylic oxidation sites excluding steroid dienone is 1. The van der Waals surface area contributed by atoms with E-state index in [1.807, 2.05) is 48.5 Å². The van der Waals surface area contributed by atoms with Gasteiger partial charge in [0.1, 0.15) is 11.1 Å². The first-order valence-electron chi connectivity index (χ1n) is 16.4. The molecule has 2 aliphatic carbocycles. The lowest BCUT2D eigenvalue weighted by molar-refractivity contribution is 0.669. The molecule has 0 saturated carbocycles. The standard InChI is InChI=1S/C43H28N4O/c1-2-12-27(13-3-1)41-45-42(47-43(46-41)32-22-21-26-11-4-5-14-28(26)23-32)31-17-10-16-30(24-31)37-35-25-29-15-6-7-18-33(29)38(35)44-39-34-19-8-9-20-36(34)48-40(37)39/h1-3,5-10,12-24H,4,11,25H2. The van der Waals surface area contributed by atoms with Crippen LogP contribution in [0, 0.1) is 0 Å². The van der Waals surface area contributed by atoms with Gasteiger partial charge in [0.2, 0.25) is 0 Å². The minimum atomic E-state index is 0.629. The number of rotatable bonds is 4. The van der Waals surface area contributed by atoms with E-state index in [1.165, 1.54) is 27.8 Å². The van der Waals surface area contributed by atoms with Crippen LogP contribution in [0.2, 0.25) is 0 Å². The lowest BCUT2D eigenvalue weighted by Crippen LogP contribution is -2.01. The summed E-state index contributed by atoms with van der Waals surface area (Å²) in [4.78, 5) is 20.4. The summed E-state index contributed by atoms with van der Waals surface area (Å²) >= 11 is 0. The third-order valence-corrected chi connectivity index (χ3v) is 9.61. The minimum absolute atomic E-state index is 0.629. The summed E-state index contributed by atoms with van der Waals surface area (Å²) in [5.74, 6) is 1.93. The Hall–Kier alpha value is -6.20. The molecule has 0 unspecified atom stereocenters. The average molecular weight is 617 g/mol. The maximum absolute atomic E-state index is 6.60. The van der Waals surface area contributed by atoms with Gasteiger partial charge in [-0.1, -0.05) is 109 Å². The number of aromatic nitrogens is 4. The molecule has 0 radical (unpaired) electrons. The molecule has 226 valence electrons. The zero-order valence-electron chi connectivity index (χ0n) is 26.0. The Balaban J connectivity index is 1.18. The molecule has 0 N–H and O–H groups in total. The second-order valence-corrected chi connectivity index (χ2v) is 12.5. The van der Waals surface area contributed by atoms with Gasteiger partial charge < -0.3 is 4.42 Å². The normalized spacial score (nSPS) is 13.1. The maximum atomic E-state index is 6.60. The van der Waals surface area contributed by atoms with E-state index in [-0.39, 0.29) is 0 Å². The van der Waals surface area contributed by atoms with Crippen molar-refractivity contribution in [1.82, 2.24) is 19.9 Å². The van der Waals surface area contributed by atoms with Crippen LogP contribution in [0.25, 0.3) is 84.7 Å². The molecule has 0 atom stereocenters. The summed E-state index contributed by atoms with van der Waals surface area (Å²) < 4.78 is 6.60. The molecule has 0 bridgehead atoms. The van der Waals surface area contributed by atoms with E-state index in [0.29, 0.717) is 17.5 Å². The molecule has 0 amide bonds. The Bertz CT molecular complexity index is 2600. The van der Waals surface area contributed by atoms with Crippen molar-refractivity contribution in [2.24, 2.45) is 0 Å². The van der Waals surface area contributed by atoms with Crippen LogP contribution in [-0.4, -0.2) is 19.9 Å². The third kappa shape index (κ3) is 4.32. The van der Waals surface area contributed by atoms with E-state index in [2.05, 4.69) is 84.9 Å². The zero-order chi connectivity index (χ0) is 31.6. The monoisotopic (exact) mass is 616 g/mol. The Labute approximate surface area is 277 Å². The van der Waals surface area contributed by atoms with Gasteiger partial charge in [-0.25, -0.2) is 19.9 Å². The SMILES string of the molecule is C1=Cc2cc(-c3nc(-c4ccccc4)nc(-c4cccc(-c5c6c(nc7c5oc5ccccc57)-c5ccccc5C6)c4)n3)ccc2CC1. The van der Waals surface area contributed by atoms with Gasteiger partial charge in [0.15, 0.2) is 23.1 Å². The van der Waals surface area contributed by atoms with Gasteiger partial charge in [-0.05, 0) is 64.9 Å². The molecule has 48 heavy (non-hydrogen) atoms. The van der Waals surface area contributed by atoms with E-state index in [4.69, 9.17) is 24.4 Å². The first-order chi connectivity index (χ1) is 23.8. The highest BCUT2D eigenvalue weighted by molar-refractivity contribution is 6.10. The van der Waals surface area contributed by atoms with Gasteiger partial charge in [-0.2, -0.15) is 0 Å². The number of fused-ring (bicyclic) bond motifs is 7. The molecule has 0 spiro atoms. The van der Waals surface area contributed by atoms with Crippen molar-refractivity contribution in [3.63, 3.8) is 0 Å². The topological polar surface area (TPSA) is 64.7 Å². The summed E-state index contributed by atoms with van der Waals surface area (Å²) in [7, 11) is 0. The number of pyridine rings is 1. The molecule has 0 fully saturated rings. The molecular weight excluding hydrogens is 589 g/mol. The van der Waals surface area contributed by atoms with Crippen molar-refractivity contribution >= 4 is 28.1 Å². The second kappa shape index (κ2) is 10.7. The average Bonchev–Trinajstić information content (AvgIpc) is 3.72. The largest absolute Gasteiger partial charge is 0.454 e. The van der Waals surface area contributed by atoms with Crippen molar-refractivity contribution < 1.29 is 4.42 Å². The number of aryl methyl sites for hydroxylation is 1. The number of nitrogens with zero attached hydrogens (tertiary/aromatic N) is 4. The summed E-state index contributed by atoms with van der Waals surface area (Å²) in [5.41, 5.74) is 14.8. The number of para-hydroxylation sites is 1. The van der Waals surface area contributed by atoms with E-state index in [9.17, 15) is 0 Å². The van der Waals surface area contributed by atoms with Gasteiger partial charge in [-0.15, -0.1) is 0 Å². The van der Waals surface area contributed by atoms with Crippen molar-refractivity contribution in [2.45, 2.75) is 19.3 Å². The number of hydrogen-bond acceptors (Lipinski definition) is 5. The molecule has 3 heterocycles. The van der Waals surface area contributed by atoms with E-state index in [1.54, 1.807) is 0 Å². The highest BCUT2D eigenvalue weighted by Crippen LogP contribution is 2.46. The summed E-state index contributed by atoms with van der Waals surface area (Å²) in [6, 6.07) is 41.9. The second-order valence-electron chi connectivity index (χ2n) is 12.5. The predicted octanol–water partition coefficient (Wildman–Crippen LogP) is 10.4. The van der Waals surface area contributed by atoms with Crippen LogP contribution in [0.3, 0.4) is 0 Å². The van der Waals surface area contributed by atoms with Crippen LogP contribution in [0.4, 0.5) is 0 Å². The Kier molecular flexibility index (Phi) is 6.00. The number of furan rings is 1. The van der Waals surface area contributed by atoms with Gasteiger partial charge in [0, 0.05) is 39.6 Å². The van der Waals surface area contributed by atoms with Gasteiger partial charge >= 0.3 is 0 Å². The molecule has 2 aliphatic rings. The van der Waals surface area contributed by atoms with Crippen LogP contribution in [-0.2, 0) is 12.8 Å². The molecule has 0 aliphatic heterocycles. The first kappa shape index (κ1) is 27.0. The van der Waals surface area contributed by atoms with Crippen LogP contribution in [0.15, 0.2) is 132 Å². The van der Waals surface area contributed by atoms with Gasteiger partial charge in [0.05, 0.1) is 5.69 Å². The van der Waals surface area contributed by atoms with Gasteiger partial charge in [-0.3, -0.25) is 0 Å². The number of benzene rings is 5. The fourth-order valence-corrected chi connectivity index (χ4v) is 7.27. The predicted molar refractivity (Wildman–Crippen MR) is 192 cm³/mol. The summed E-state index contributed by atoms with van der Waals surface area (Å²) in [6.45, 7) is 0. The van der Waals surface area contributed by atoms with Crippen LogP contribution in [0.5, 0.6) is 0 Å². The molecule has 5 heteroatoms. The van der Waals surface area contributed by atoms with E-state index in [0.717, 1.165) is 74.8 Å². The molecule has 5 nitrogen and oxygen atoms in total. The van der Waals surface area contributed by atoms with E-state index >= 15 is 0 Å². The lowest BCUT2D eigenvalue weighted by Gasteiger charge is -2.13. The van der Waals surface area contributed by atoms with Crippen LogP contribution >= 0.6 is 0 Å². The number of hydrogen-bond donors (Lipinski definition) is 0. The summed E-state index contributed by atoms with van der Waals surface area (Å²) in [6.07, 6.45) is 7.37. The molecule has 5 aromatic carbocycles. The summed E-state index contributed by atoms with van der Waals surface area (Å²) in [5, 5.41) is 1.02. The zero-order valence-corrected chi connectivity index (χ0v) is 26.0.